The summed E-state index contributed by atoms with van der Waals surface area (Å²) < 4.78 is 4.74. The molecule has 18 heavy (non-hydrogen) atoms. The normalized spacial score (nSPS) is 12.7. The van der Waals surface area contributed by atoms with E-state index in [-0.39, 0.29) is 6.04 Å². The highest BCUT2D eigenvalue weighted by Gasteiger charge is 2.13. The summed E-state index contributed by atoms with van der Waals surface area (Å²) >= 11 is 1.71. The zero-order valence-corrected chi connectivity index (χ0v) is 10.6. The molecule has 6 heteroatoms. The fraction of sp³-hybridized carbons (Fsp3) is 0.167. The summed E-state index contributed by atoms with van der Waals surface area (Å²) in [6.07, 6.45) is 0. The number of thiophene rings is 1. The summed E-state index contributed by atoms with van der Waals surface area (Å²) in [6, 6.07) is 8.03. The first-order valence-electron chi connectivity index (χ1n) is 5.56. The highest BCUT2D eigenvalue weighted by Crippen LogP contribution is 2.29. The molecule has 2 aromatic heterocycles. The average molecular weight is 260 g/mol. The molecular weight excluding hydrogens is 248 g/mol. The van der Waals surface area contributed by atoms with Crippen molar-refractivity contribution in [2.45, 2.75) is 13.0 Å². The summed E-state index contributed by atoms with van der Waals surface area (Å²) in [5.41, 5.74) is 8.51. The van der Waals surface area contributed by atoms with E-state index in [1.165, 1.54) is 4.88 Å². The van der Waals surface area contributed by atoms with Gasteiger partial charge in [-0.25, -0.2) is 4.63 Å². The lowest BCUT2D eigenvalue weighted by atomic mass is 10.2. The van der Waals surface area contributed by atoms with Crippen LogP contribution in [0.15, 0.2) is 34.3 Å². The zero-order chi connectivity index (χ0) is 12.5. The van der Waals surface area contributed by atoms with Gasteiger partial charge in [-0.3, -0.25) is 0 Å². The van der Waals surface area contributed by atoms with Gasteiger partial charge in [-0.2, -0.15) is 0 Å². The van der Waals surface area contributed by atoms with Crippen molar-refractivity contribution in [3.8, 4) is 0 Å². The van der Waals surface area contributed by atoms with Gasteiger partial charge in [-0.05, 0) is 40.8 Å². The van der Waals surface area contributed by atoms with E-state index in [0.29, 0.717) is 16.7 Å². The lowest BCUT2D eigenvalue weighted by molar-refractivity contribution is 0.315. The van der Waals surface area contributed by atoms with Gasteiger partial charge in [0, 0.05) is 4.88 Å². The summed E-state index contributed by atoms with van der Waals surface area (Å²) in [6.45, 7) is 2.10. The third-order valence-electron chi connectivity index (χ3n) is 2.79. The van der Waals surface area contributed by atoms with E-state index in [1.54, 1.807) is 17.4 Å². The van der Waals surface area contributed by atoms with Crippen LogP contribution in [0.1, 0.15) is 17.8 Å². The molecular formula is C12H12N4OS. The van der Waals surface area contributed by atoms with E-state index >= 15 is 0 Å². The fourth-order valence-electron chi connectivity index (χ4n) is 1.84. The molecule has 3 aromatic rings. The Morgan fingerprint density at radius 1 is 1.28 bits per heavy atom. The Balaban J connectivity index is 1.96. The first kappa shape index (κ1) is 11.0. The van der Waals surface area contributed by atoms with E-state index < -0.39 is 0 Å². The maximum atomic E-state index is 5.81. The van der Waals surface area contributed by atoms with Crippen molar-refractivity contribution in [2.24, 2.45) is 0 Å². The summed E-state index contributed by atoms with van der Waals surface area (Å²) in [7, 11) is 0. The number of rotatable bonds is 3. The minimum atomic E-state index is 0.202. The summed E-state index contributed by atoms with van der Waals surface area (Å²) in [5.74, 6) is 0. The Bertz CT molecular complexity index is 662. The lowest BCUT2D eigenvalue weighted by Crippen LogP contribution is -2.05. The second-order valence-electron chi connectivity index (χ2n) is 4.05. The van der Waals surface area contributed by atoms with Crippen molar-refractivity contribution < 1.29 is 4.63 Å². The highest BCUT2D eigenvalue weighted by molar-refractivity contribution is 7.10. The molecule has 0 aliphatic heterocycles. The molecule has 0 aliphatic carbocycles. The third-order valence-corrected chi connectivity index (χ3v) is 3.84. The minimum Gasteiger partial charge on any atom is -0.397 e. The summed E-state index contributed by atoms with van der Waals surface area (Å²) in [5, 5.41) is 13.1. The molecule has 0 aliphatic rings. The van der Waals surface area contributed by atoms with Gasteiger partial charge in [0.2, 0.25) is 0 Å². The number of anilines is 2. The van der Waals surface area contributed by atoms with Crippen molar-refractivity contribution >= 4 is 33.7 Å². The molecule has 5 nitrogen and oxygen atoms in total. The molecule has 1 aromatic carbocycles. The fourth-order valence-corrected chi connectivity index (χ4v) is 2.58. The molecule has 1 atom stereocenters. The van der Waals surface area contributed by atoms with Crippen LogP contribution in [-0.2, 0) is 0 Å². The van der Waals surface area contributed by atoms with Gasteiger partial charge in [-0.1, -0.05) is 6.07 Å². The Hall–Kier alpha value is -2.08. The number of nitrogens with one attached hydrogen (secondary N) is 1. The van der Waals surface area contributed by atoms with Crippen LogP contribution in [0.25, 0.3) is 11.0 Å². The van der Waals surface area contributed by atoms with E-state index in [9.17, 15) is 0 Å². The maximum Gasteiger partial charge on any atom is 0.160 e. The van der Waals surface area contributed by atoms with Gasteiger partial charge in [0.05, 0.1) is 17.4 Å². The zero-order valence-electron chi connectivity index (χ0n) is 9.75. The van der Waals surface area contributed by atoms with Crippen LogP contribution >= 0.6 is 11.3 Å². The Labute approximate surface area is 108 Å². The third kappa shape index (κ3) is 1.80. The number of hydrogen-bond donors (Lipinski definition) is 2. The van der Waals surface area contributed by atoms with Gasteiger partial charge < -0.3 is 11.1 Å². The molecule has 2 heterocycles. The van der Waals surface area contributed by atoms with E-state index in [4.69, 9.17) is 10.4 Å². The number of fused-ring (bicyclic) bond motifs is 1. The van der Waals surface area contributed by atoms with Crippen molar-refractivity contribution in [1.29, 1.82) is 0 Å². The Morgan fingerprint density at radius 3 is 2.89 bits per heavy atom. The Morgan fingerprint density at radius 2 is 2.11 bits per heavy atom. The number of nitrogen functional groups attached to an aromatic ring is 1. The number of nitrogens with two attached hydrogens (primary N) is 1. The minimum absolute atomic E-state index is 0.202. The van der Waals surface area contributed by atoms with E-state index in [0.717, 1.165) is 5.69 Å². The van der Waals surface area contributed by atoms with Gasteiger partial charge in [-0.15, -0.1) is 11.3 Å². The smallest absolute Gasteiger partial charge is 0.160 e. The predicted molar refractivity (Wildman–Crippen MR) is 72.6 cm³/mol. The molecule has 0 spiro atoms. The Kier molecular flexibility index (Phi) is 2.64. The maximum absolute atomic E-state index is 5.81. The SMILES string of the molecule is CC(Nc1ccc(N)c2nonc12)c1cccs1. The number of hydrogen-bond acceptors (Lipinski definition) is 6. The summed E-state index contributed by atoms with van der Waals surface area (Å²) in [4.78, 5) is 1.26. The standard InChI is InChI=1S/C12H12N4OS/c1-7(10-3-2-6-18-10)14-9-5-4-8(13)11-12(9)16-17-15-11/h2-7,14H,13H2,1H3. The van der Waals surface area contributed by atoms with Crippen LogP contribution in [0.2, 0.25) is 0 Å². The first-order chi connectivity index (χ1) is 8.75. The quantitative estimate of drug-likeness (QED) is 0.708. The van der Waals surface area contributed by atoms with Gasteiger partial charge in [0.25, 0.3) is 0 Å². The first-order valence-corrected chi connectivity index (χ1v) is 6.44. The van der Waals surface area contributed by atoms with Crippen LogP contribution in [0.5, 0.6) is 0 Å². The molecule has 0 bridgehead atoms. The molecule has 3 N–H and O–H groups in total. The molecule has 0 amide bonds. The van der Waals surface area contributed by atoms with Crippen LogP contribution in [0.4, 0.5) is 11.4 Å². The van der Waals surface area contributed by atoms with Crippen LogP contribution in [0, 0.1) is 0 Å². The molecule has 0 fully saturated rings. The second-order valence-corrected chi connectivity index (χ2v) is 5.02. The topological polar surface area (TPSA) is 77.0 Å². The molecule has 0 saturated heterocycles. The molecule has 1 unspecified atom stereocenters. The van der Waals surface area contributed by atoms with Crippen LogP contribution < -0.4 is 11.1 Å². The second kappa shape index (κ2) is 4.30. The van der Waals surface area contributed by atoms with Crippen LogP contribution in [-0.4, -0.2) is 10.3 Å². The van der Waals surface area contributed by atoms with Crippen molar-refractivity contribution in [2.75, 3.05) is 11.1 Å². The molecule has 0 saturated carbocycles. The predicted octanol–water partition coefficient (Wildman–Crippen LogP) is 3.04. The number of nitrogens with zero attached hydrogens (tertiary/aromatic N) is 2. The molecule has 0 radical (unpaired) electrons. The van der Waals surface area contributed by atoms with Gasteiger partial charge in [0.1, 0.15) is 0 Å². The monoisotopic (exact) mass is 260 g/mol. The lowest BCUT2D eigenvalue weighted by Gasteiger charge is -2.13. The largest absolute Gasteiger partial charge is 0.397 e. The van der Waals surface area contributed by atoms with Gasteiger partial charge >= 0.3 is 0 Å². The number of aromatic nitrogens is 2. The van der Waals surface area contributed by atoms with Gasteiger partial charge in [0.15, 0.2) is 11.0 Å². The van der Waals surface area contributed by atoms with Crippen molar-refractivity contribution in [1.82, 2.24) is 10.3 Å². The molecule has 3 rings (SSSR count). The average Bonchev–Trinajstić information content (AvgIpc) is 3.01. The molecule has 92 valence electrons. The van der Waals surface area contributed by atoms with Crippen molar-refractivity contribution in [3.63, 3.8) is 0 Å². The van der Waals surface area contributed by atoms with E-state index in [1.807, 2.05) is 12.1 Å². The van der Waals surface area contributed by atoms with E-state index in [2.05, 4.69) is 34.0 Å². The van der Waals surface area contributed by atoms with Crippen molar-refractivity contribution in [3.05, 3.63) is 34.5 Å². The van der Waals surface area contributed by atoms with Crippen LogP contribution in [0.3, 0.4) is 0 Å². The highest BCUT2D eigenvalue weighted by atomic mass is 32.1. The number of benzene rings is 1.